The molecule has 0 bridgehead atoms. The number of hydrogen-bond acceptors (Lipinski definition) is 24. The first-order valence-electron chi connectivity index (χ1n) is 22.1. The summed E-state index contributed by atoms with van der Waals surface area (Å²) in [6.07, 6.45) is 5.61. The third-order valence-electron chi connectivity index (χ3n) is 10.6. The number of carboxylic acid groups (broad SMARTS) is 1. The molecule has 0 aliphatic carbocycles. The number of unbranched alkanes of at least 4 members (excludes halogenated alkanes) is 11. The first kappa shape index (κ1) is 59.3. The molecule has 0 saturated carbocycles. The topological polar surface area (TPSA) is 415 Å². The smallest absolute Gasteiger partial charge is 0.274 e. The van der Waals surface area contributed by atoms with E-state index in [4.69, 9.17) is 10.5 Å². The summed E-state index contributed by atoms with van der Waals surface area (Å²) < 4.78 is 60.7. The van der Waals surface area contributed by atoms with Crippen LogP contribution in [-0.4, -0.2) is 109 Å². The SMILES string of the molecule is CCCCCCCCCCCCCCC(C(=O)[O-])C(=O)SCCNC(=O)CCNC(=O)[C@H](O)C(C)(C)COP(=O)([O-])OP(=O)([O-])OC[C@H]1O[C@@H](n2cnc3c(N)ncnc32)[C@H](O)[C@@H]1OP(=O)([O-])[O-]. The number of phosphoric acid groups is 3. The summed E-state index contributed by atoms with van der Waals surface area (Å²) in [4.78, 5) is 109. The van der Waals surface area contributed by atoms with E-state index in [2.05, 4.69) is 50.4 Å². The van der Waals surface area contributed by atoms with E-state index in [1.807, 2.05) is 0 Å². The normalized spacial score (nSPS) is 20.4. The molecule has 68 heavy (non-hydrogen) atoms. The first-order valence-corrected chi connectivity index (χ1v) is 27.4. The van der Waals surface area contributed by atoms with Crippen molar-refractivity contribution in [2.24, 2.45) is 11.3 Å². The number of carbonyl (C=O) groups is 4. The van der Waals surface area contributed by atoms with Gasteiger partial charge < -0.3 is 78.9 Å². The van der Waals surface area contributed by atoms with Gasteiger partial charge in [-0.1, -0.05) is 110 Å². The molecule has 30 heteroatoms. The number of nitrogen functional groups attached to an aromatic ring is 1. The zero-order chi connectivity index (χ0) is 50.7. The number of anilines is 1. The Morgan fingerprint density at radius 2 is 1.51 bits per heavy atom. The third-order valence-corrected chi connectivity index (χ3v) is 14.6. The summed E-state index contributed by atoms with van der Waals surface area (Å²) in [6, 6.07) is 0. The molecule has 388 valence electrons. The fourth-order valence-electron chi connectivity index (χ4n) is 6.88. The summed E-state index contributed by atoms with van der Waals surface area (Å²) >= 11 is 0.758. The van der Waals surface area contributed by atoms with Gasteiger partial charge >= 0.3 is 0 Å². The van der Waals surface area contributed by atoms with Crippen molar-refractivity contribution in [1.82, 2.24) is 30.2 Å². The van der Waals surface area contributed by atoms with Crippen LogP contribution < -0.4 is 41.0 Å². The minimum Gasteiger partial charge on any atom is -0.790 e. The molecule has 3 heterocycles. The Bertz CT molecular complexity index is 2100. The number of carbonyl (C=O) groups excluding carboxylic acids is 4. The van der Waals surface area contributed by atoms with Gasteiger partial charge in [-0.25, -0.2) is 19.3 Å². The summed E-state index contributed by atoms with van der Waals surface area (Å²) in [6.45, 7) is 1.92. The number of nitrogens with one attached hydrogen (secondary N) is 2. The van der Waals surface area contributed by atoms with Crippen LogP contribution >= 0.6 is 35.2 Å². The maximum Gasteiger partial charge on any atom is 0.274 e. The number of aliphatic hydroxyl groups is 2. The maximum absolute atomic E-state index is 12.7. The molecule has 2 aromatic rings. The zero-order valence-electron chi connectivity index (χ0n) is 38.0. The Morgan fingerprint density at radius 3 is 2.12 bits per heavy atom. The van der Waals surface area contributed by atoms with E-state index < -0.39 is 102 Å². The maximum atomic E-state index is 12.7. The van der Waals surface area contributed by atoms with Crippen molar-refractivity contribution in [2.45, 2.75) is 141 Å². The molecule has 0 aromatic carbocycles. The molecule has 2 amide bonds. The van der Waals surface area contributed by atoms with Gasteiger partial charge in [0.15, 0.2) is 22.8 Å². The van der Waals surface area contributed by atoms with E-state index in [0.717, 1.165) is 54.7 Å². The van der Waals surface area contributed by atoms with Crippen LogP contribution in [0.5, 0.6) is 0 Å². The van der Waals surface area contributed by atoms with Gasteiger partial charge in [0.05, 0.1) is 39.3 Å². The Labute approximate surface area is 397 Å². The molecule has 3 unspecified atom stereocenters. The highest BCUT2D eigenvalue weighted by molar-refractivity contribution is 8.13. The van der Waals surface area contributed by atoms with Crippen LogP contribution in [0.3, 0.4) is 0 Å². The number of carboxylic acids is 1. The number of nitrogens with zero attached hydrogens (tertiary/aromatic N) is 4. The van der Waals surface area contributed by atoms with Crippen molar-refractivity contribution < 1.29 is 90.4 Å². The van der Waals surface area contributed by atoms with E-state index in [1.54, 1.807) is 0 Å². The number of thioether (sulfide) groups is 1. The van der Waals surface area contributed by atoms with Crippen LogP contribution in [0.2, 0.25) is 0 Å². The van der Waals surface area contributed by atoms with Crippen LogP contribution in [0.15, 0.2) is 12.7 Å². The summed E-state index contributed by atoms with van der Waals surface area (Å²) in [7, 11) is -17.7. The van der Waals surface area contributed by atoms with Crippen LogP contribution in [0.1, 0.15) is 117 Å². The largest absolute Gasteiger partial charge is 0.790 e. The lowest BCUT2D eigenvalue weighted by Crippen LogP contribution is -2.46. The molecular weight excluding hydrogens is 983 g/mol. The van der Waals surface area contributed by atoms with E-state index in [1.165, 1.54) is 58.8 Å². The van der Waals surface area contributed by atoms with Gasteiger partial charge in [-0.3, -0.25) is 28.1 Å². The molecule has 6 N–H and O–H groups in total. The van der Waals surface area contributed by atoms with Crippen molar-refractivity contribution in [2.75, 3.05) is 37.8 Å². The lowest BCUT2D eigenvalue weighted by Gasteiger charge is -2.36. The average Bonchev–Trinajstić information content (AvgIpc) is 3.81. The molecule has 2 aromatic heterocycles. The Morgan fingerprint density at radius 1 is 0.912 bits per heavy atom. The number of phosphoric ester groups is 3. The second kappa shape index (κ2) is 28.2. The number of hydrogen-bond donors (Lipinski definition) is 5. The molecule has 0 radical (unpaired) electrons. The molecule has 0 spiro atoms. The number of imidazole rings is 1. The van der Waals surface area contributed by atoms with E-state index in [9.17, 15) is 67.8 Å². The van der Waals surface area contributed by atoms with Crippen LogP contribution in [0, 0.1) is 11.3 Å². The number of ether oxygens (including phenoxy) is 1. The number of amides is 2. The van der Waals surface area contributed by atoms with E-state index in [0.29, 0.717) is 6.42 Å². The highest BCUT2D eigenvalue weighted by atomic mass is 32.2. The highest BCUT2D eigenvalue weighted by Gasteiger charge is 2.47. The summed E-state index contributed by atoms with van der Waals surface area (Å²) in [5.74, 6) is -4.34. The van der Waals surface area contributed by atoms with Gasteiger partial charge in [0.1, 0.15) is 36.3 Å². The minimum absolute atomic E-state index is 0.00246. The van der Waals surface area contributed by atoms with E-state index in [-0.39, 0.29) is 48.7 Å². The second-order valence-corrected chi connectivity index (χ2v) is 21.9. The Hall–Kier alpha value is -2.97. The van der Waals surface area contributed by atoms with Gasteiger partial charge in [-0.05, 0) is 6.42 Å². The van der Waals surface area contributed by atoms with Gasteiger partial charge in [0, 0.05) is 30.7 Å². The van der Waals surface area contributed by atoms with Crippen molar-refractivity contribution in [3.63, 3.8) is 0 Å². The third kappa shape index (κ3) is 20.4. The summed E-state index contributed by atoms with van der Waals surface area (Å²) in [5.41, 5.74) is 4.01. The number of nitrogens with two attached hydrogens (primary N) is 1. The molecule has 1 aliphatic heterocycles. The second-order valence-electron chi connectivity index (χ2n) is 16.7. The Balaban J connectivity index is 1.36. The number of fused-ring (bicyclic) bond motifs is 1. The first-order chi connectivity index (χ1) is 31.9. The van der Waals surface area contributed by atoms with Crippen molar-refractivity contribution >= 4 is 75.1 Å². The summed E-state index contributed by atoms with van der Waals surface area (Å²) in [5, 5.41) is 37.3. The molecule has 1 saturated heterocycles. The number of aliphatic hydroxyl groups excluding tert-OH is 2. The molecule has 1 aliphatic rings. The monoisotopic (exact) mass is 1040 g/mol. The Kier molecular flexibility index (Phi) is 24.6. The van der Waals surface area contributed by atoms with Gasteiger partial charge in [0.25, 0.3) is 15.6 Å². The fraction of sp³-hybridized carbons (Fsp3) is 0.763. The number of rotatable bonds is 34. The van der Waals surface area contributed by atoms with Crippen molar-refractivity contribution in [3.05, 3.63) is 12.7 Å². The number of aromatic nitrogens is 4. The lowest BCUT2D eigenvalue weighted by molar-refractivity contribution is -0.347. The highest BCUT2D eigenvalue weighted by Crippen LogP contribution is 2.56. The zero-order valence-corrected chi connectivity index (χ0v) is 41.5. The molecule has 3 rings (SSSR count). The minimum atomic E-state index is -5.95. The quantitative estimate of drug-likeness (QED) is 0.0338. The van der Waals surface area contributed by atoms with E-state index >= 15 is 0 Å². The predicted molar refractivity (Wildman–Crippen MR) is 232 cm³/mol. The molecule has 8 atom stereocenters. The molecule has 1 fully saturated rings. The van der Waals surface area contributed by atoms with Crippen LogP contribution in [0.4, 0.5) is 5.82 Å². The lowest BCUT2D eigenvalue weighted by atomic mass is 9.87. The van der Waals surface area contributed by atoms with Gasteiger partial charge in [0.2, 0.25) is 11.8 Å². The number of aliphatic carboxylic acids is 1. The fourth-order valence-corrected chi connectivity index (χ4v) is 10.4. The van der Waals surface area contributed by atoms with Crippen LogP contribution in [0.25, 0.3) is 11.2 Å². The standard InChI is InChI=1S/C38H66N7O19P3S/c1-4-5-6-7-8-9-10-11-12-13-14-15-16-25(36(50)51)37(52)68-20-19-40-27(46)17-18-41-34(49)31(48)38(2,3)22-61-67(58,59)64-66(56,57)60-21-26-30(63-65(53,54)55)29(47)35(62-26)45-24-44-28-32(39)42-23-43-33(28)45/h23-26,29-31,35,47-48H,4-22H2,1-3H3,(H,40,46)(H,41,49)(H,50,51)(H,56,57)(H,58,59)(H2,39,42,43)(H2,53,54,55)/p-5/t25?,26-,29-,30-,31+,35-/m1/s1. The van der Waals surface area contributed by atoms with Gasteiger partial charge in [-0.2, -0.15) is 0 Å². The predicted octanol–water partition coefficient (Wildman–Crippen LogP) is -0.406. The van der Waals surface area contributed by atoms with Gasteiger partial charge in [-0.15, -0.1) is 0 Å². The van der Waals surface area contributed by atoms with Crippen molar-refractivity contribution in [3.8, 4) is 0 Å². The average molecular weight is 1040 g/mol. The van der Waals surface area contributed by atoms with Crippen LogP contribution in [-0.2, 0) is 55.5 Å². The molecule has 26 nitrogen and oxygen atoms in total. The van der Waals surface area contributed by atoms with Crippen molar-refractivity contribution in [1.29, 1.82) is 0 Å². The molecular formula is C38H61N7O19P3S-5.